The molecule has 120 heavy (non-hydrogen) atoms. The summed E-state index contributed by atoms with van der Waals surface area (Å²) in [5.74, 6) is -0.459. The Morgan fingerprint density at radius 2 is 0.500 bits per heavy atom. The van der Waals surface area contributed by atoms with Crippen molar-refractivity contribution < 1.29 is 15.3 Å². The fourth-order valence-electron chi connectivity index (χ4n) is 16.5. The van der Waals surface area contributed by atoms with Crippen molar-refractivity contribution in [2.75, 3.05) is 202 Å². The maximum absolute atomic E-state index is 14.2. The van der Waals surface area contributed by atoms with Gasteiger partial charge in [-0.15, -0.1) is 0 Å². The number of hydrogen-bond acceptors (Lipinski definition) is 24. The van der Waals surface area contributed by atoms with Crippen LogP contribution in [-0.4, -0.2) is 289 Å². The van der Waals surface area contributed by atoms with Crippen LogP contribution in [0.15, 0.2) is 113 Å². The standard InChI is InChI=1S/C35H52N6O4.C29H40N6O4.C26H34N6O4/c1-7-37(8-2)19-13-18-36-28-24-27-29-25(32(42)40(34(27)44)22-14-20-38(9-3)10-4)16-17-26-30(29)31(28)35(45)41(33(26)43)23-15-21-39(11-5)12-6;1-31(2)13-7-12-30-22-18-21-23-19(26(36)34(28(21)38)16-8-14-32(3)4)10-11-20-24(23)25(22)29(39)35(27(20)37)17-9-15-33(5)6;1-28(2)10-9-27-19-15-18-20-16(23(33)31(25(18)35)13-11-29(3)4)7-8-17-21(20)22(19)26(36)32(24(17)34)14-12-30(5)6/h16-17,24,43H,7-15,18-23H2,1-6H3;10-11,18,37H,7-9,12-17H2,1-6H3;7-8,15,34H,9-14H2,1-6H3. The molecule has 6 aliphatic rings. The third-order valence-corrected chi connectivity index (χ3v) is 23.2. The summed E-state index contributed by atoms with van der Waals surface area (Å²) in [6.45, 7) is 28.0. The molecule has 0 fully saturated rings. The average Bonchev–Trinajstić information content (AvgIpc) is 0.717. The zero-order valence-corrected chi connectivity index (χ0v) is 74.0. The lowest BCUT2D eigenvalue weighted by Gasteiger charge is -2.21. The van der Waals surface area contributed by atoms with Gasteiger partial charge in [0.15, 0.2) is 0 Å². The smallest absolute Gasteiger partial charge is 0.263 e. The maximum atomic E-state index is 14.2. The van der Waals surface area contributed by atoms with E-state index in [1.165, 1.54) is 27.4 Å². The normalized spacial score (nSPS) is 13.0. The van der Waals surface area contributed by atoms with E-state index in [0.717, 1.165) is 91.4 Å². The highest BCUT2D eigenvalue weighted by atomic mass is 16.3. The number of rotatable bonds is 39. The van der Waals surface area contributed by atoms with Crippen LogP contribution in [0.25, 0.3) is 98.0 Å². The van der Waals surface area contributed by atoms with Crippen LogP contribution < -0.4 is 66.1 Å². The molecule has 6 aromatic rings. The highest BCUT2D eigenvalue weighted by Crippen LogP contribution is 2.40. The first-order chi connectivity index (χ1) is 57.3. The summed E-state index contributed by atoms with van der Waals surface area (Å²) < 4.78 is 8.05. The van der Waals surface area contributed by atoms with Crippen LogP contribution >= 0.6 is 0 Å². The molecule has 12 rings (SSSR count). The van der Waals surface area contributed by atoms with Gasteiger partial charge < -0.3 is 59.4 Å². The number of nitrogens with zero attached hydrogens (tertiary/aromatic N) is 18. The van der Waals surface area contributed by atoms with Crippen molar-refractivity contribution in [3.63, 3.8) is 0 Å². The van der Waals surface area contributed by atoms with Gasteiger partial charge in [-0.3, -0.25) is 85.5 Å². The van der Waals surface area contributed by atoms with Crippen molar-refractivity contribution in [2.24, 2.45) is 15.0 Å². The minimum atomic E-state index is -0.413. The molecule has 3 aliphatic carbocycles. The molecule has 0 amide bonds. The van der Waals surface area contributed by atoms with Gasteiger partial charge in [-0.2, -0.15) is 0 Å². The molecule has 0 unspecified atom stereocenters. The third-order valence-electron chi connectivity index (χ3n) is 23.2. The summed E-state index contributed by atoms with van der Waals surface area (Å²) in [6, 6.07) is 15.1. The first-order valence-corrected chi connectivity index (χ1v) is 42.5. The summed E-state index contributed by atoms with van der Waals surface area (Å²) in [5, 5.41) is 39.9. The predicted octanol–water partition coefficient (Wildman–Crippen LogP) is 4.53. The molecule has 3 N–H and O–H groups in total. The van der Waals surface area contributed by atoms with Gasteiger partial charge in [0.25, 0.3) is 50.0 Å². The quantitative estimate of drug-likeness (QED) is 0.0352. The number of pyridine rings is 6. The Bertz CT molecular complexity index is 6190. The number of aromatic nitrogens is 6. The van der Waals surface area contributed by atoms with Crippen molar-refractivity contribution in [1.82, 2.24) is 71.5 Å². The lowest BCUT2D eigenvalue weighted by Crippen LogP contribution is -2.39. The van der Waals surface area contributed by atoms with Crippen molar-refractivity contribution in [3.05, 3.63) is 164 Å². The minimum Gasteiger partial charge on any atom is -0.494 e. The molecule has 0 atom stereocenters. The molecule has 30 nitrogen and oxygen atoms in total. The molecule has 0 saturated carbocycles. The van der Waals surface area contributed by atoms with Crippen LogP contribution in [0.3, 0.4) is 0 Å². The van der Waals surface area contributed by atoms with E-state index in [-0.39, 0.29) is 69.6 Å². The lowest BCUT2D eigenvalue weighted by atomic mass is 9.90. The second-order valence-electron chi connectivity index (χ2n) is 33.0. The van der Waals surface area contributed by atoms with Gasteiger partial charge in [-0.25, -0.2) is 0 Å². The van der Waals surface area contributed by atoms with Gasteiger partial charge in [0.2, 0.25) is 17.6 Å². The number of aromatic hydroxyl groups is 3. The Kier molecular flexibility index (Phi) is 31.5. The summed E-state index contributed by atoms with van der Waals surface area (Å²) in [7, 11) is 23.2. The van der Waals surface area contributed by atoms with Gasteiger partial charge in [-0.1, -0.05) is 41.5 Å². The van der Waals surface area contributed by atoms with E-state index in [1.54, 1.807) is 54.6 Å². The molecule has 0 bridgehead atoms. The Morgan fingerprint density at radius 3 is 0.808 bits per heavy atom. The lowest BCUT2D eigenvalue weighted by molar-refractivity contribution is 0.289. The summed E-state index contributed by atoms with van der Waals surface area (Å²) in [5.41, 5.74) is -1.05. The molecule has 3 aromatic heterocycles. The Hall–Kier alpha value is -10.0. The van der Waals surface area contributed by atoms with Crippen LogP contribution in [0.4, 0.5) is 0 Å². The molecule has 648 valence electrons. The SMILES string of the molecule is CCN(CC)CCCN=c1cc2c(=O)n(CCCN(CC)CC)c(=O)c3ccc4c(O)n(CCCN(CC)CC)c(=O)c1c4c3-2.CN(C)CCCN=c1cc2c(=O)n(CCCN(C)C)c(=O)c3ccc4c(O)n(CCCN(C)C)c(=O)c1c4c3-2.CN(C)CCN=c1cc2c(=O)n(CCN(C)C)c(=O)c3ccc4c(O)n(CCN(C)C)c(=O)c1c4c3-2. The monoisotopic (exact) mass is 1650 g/mol. The van der Waals surface area contributed by atoms with Crippen LogP contribution in [0, 0.1) is 0 Å². The van der Waals surface area contributed by atoms with E-state index in [0.29, 0.717) is 205 Å². The zero-order chi connectivity index (χ0) is 87.4. The second kappa shape index (κ2) is 41.0. The van der Waals surface area contributed by atoms with E-state index in [2.05, 4.69) is 61.1 Å². The average molecular weight is 1650 g/mol. The first-order valence-electron chi connectivity index (χ1n) is 42.5. The van der Waals surface area contributed by atoms with Gasteiger partial charge in [0.1, 0.15) is 0 Å². The van der Waals surface area contributed by atoms with E-state index >= 15 is 0 Å². The largest absolute Gasteiger partial charge is 0.494 e. The fraction of sp³-hybridized carbons (Fsp3) is 0.533. The van der Waals surface area contributed by atoms with Crippen molar-refractivity contribution in [2.45, 2.75) is 119 Å². The van der Waals surface area contributed by atoms with Crippen LogP contribution in [0.5, 0.6) is 17.6 Å². The minimum absolute atomic E-state index is 0.134. The number of likely N-dealkylation sites (N-methyl/N-ethyl adjacent to an activating group) is 3. The van der Waals surface area contributed by atoms with E-state index in [4.69, 9.17) is 15.0 Å². The molecule has 0 saturated heterocycles. The fourth-order valence-corrected chi connectivity index (χ4v) is 16.5. The molecule has 30 heteroatoms. The molecular formula is C90H126N18O12. The number of hydrogen-bond donors (Lipinski definition) is 3. The third kappa shape index (κ3) is 19.6. The highest BCUT2D eigenvalue weighted by Gasteiger charge is 2.31. The Balaban J connectivity index is 0.000000190. The van der Waals surface area contributed by atoms with Crippen LogP contribution in [-0.2, 0) is 39.3 Å². The van der Waals surface area contributed by atoms with E-state index in [9.17, 15) is 58.5 Å². The molecule has 0 spiro atoms. The van der Waals surface area contributed by atoms with Crippen LogP contribution in [0.2, 0.25) is 0 Å². The van der Waals surface area contributed by atoms with E-state index < -0.39 is 11.1 Å². The number of benzene rings is 6. The van der Waals surface area contributed by atoms with Crippen molar-refractivity contribution in [3.8, 4) is 51.0 Å². The van der Waals surface area contributed by atoms with Gasteiger partial charge in [-0.05, 0) is 256 Å². The molecule has 3 aliphatic heterocycles. The predicted molar refractivity (Wildman–Crippen MR) is 484 cm³/mol. The summed E-state index contributed by atoms with van der Waals surface area (Å²) >= 11 is 0. The summed E-state index contributed by atoms with van der Waals surface area (Å²) in [4.78, 5) is 157. The molecular weight excluding hydrogens is 1530 g/mol. The maximum Gasteiger partial charge on any atom is 0.263 e. The molecule has 0 radical (unpaired) electrons. The van der Waals surface area contributed by atoms with Crippen molar-refractivity contribution >= 4 is 64.6 Å². The Morgan fingerprint density at radius 1 is 0.258 bits per heavy atom. The highest BCUT2D eigenvalue weighted by molar-refractivity contribution is 6.18. The van der Waals surface area contributed by atoms with Crippen molar-refractivity contribution in [1.29, 1.82) is 0 Å². The van der Waals surface area contributed by atoms with Gasteiger partial charge in [0.05, 0.1) is 55.5 Å². The van der Waals surface area contributed by atoms with Crippen LogP contribution in [0.1, 0.15) is 80.1 Å². The van der Waals surface area contributed by atoms with E-state index in [1.807, 2.05) is 109 Å². The Labute approximate surface area is 699 Å². The molecule has 3 aromatic carbocycles. The molecule has 6 heterocycles. The second-order valence-corrected chi connectivity index (χ2v) is 33.0. The zero-order valence-electron chi connectivity index (χ0n) is 74.0. The first kappa shape index (κ1) is 92.3. The van der Waals surface area contributed by atoms with Gasteiger partial charge >= 0.3 is 0 Å². The topological polar surface area (TPSA) is 310 Å². The van der Waals surface area contributed by atoms with Gasteiger partial charge in [0, 0.05) is 137 Å². The summed E-state index contributed by atoms with van der Waals surface area (Å²) in [6.07, 6.45) is 4.29.